The summed E-state index contributed by atoms with van der Waals surface area (Å²) in [6.45, 7) is 1.68. The Bertz CT molecular complexity index is 331. The smallest absolute Gasteiger partial charge is 0.0642 e. The maximum atomic E-state index is 6.25. The first-order chi connectivity index (χ1) is 7.69. The predicted octanol–water partition coefficient (Wildman–Crippen LogP) is 2.64. The fourth-order valence-corrected chi connectivity index (χ4v) is 2.33. The lowest BCUT2D eigenvalue weighted by Gasteiger charge is -2.20. The first kappa shape index (κ1) is 13.7. The first-order valence-electron chi connectivity index (χ1n) is 5.37. The summed E-state index contributed by atoms with van der Waals surface area (Å²) >= 11 is 8.09. The van der Waals surface area contributed by atoms with Gasteiger partial charge in [0, 0.05) is 19.3 Å². The Morgan fingerprint density at radius 1 is 1.44 bits per heavy atom. The van der Waals surface area contributed by atoms with Crippen LogP contribution in [0.5, 0.6) is 0 Å². The molecule has 1 aromatic rings. The summed E-state index contributed by atoms with van der Waals surface area (Å²) in [5.41, 5.74) is 7.82. The molecule has 0 unspecified atom stereocenters. The second-order valence-corrected chi connectivity index (χ2v) is 5.13. The summed E-state index contributed by atoms with van der Waals surface area (Å²) in [4.78, 5) is 2.19. The molecule has 0 spiro atoms. The SMILES string of the molecule is CSCCN(C)c1ccc(CCN)cc1Cl. The molecule has 16 heavy (non-hydrogen) atoms. The van der Waals surface area contributed by atoms with Crippen LogP contribution in [0.3, 0.4) is 0 Å². The normalized spacial score (nSPS) is 10.5. The number of hydrogen-bond acceptors (Lipinski definition) is 3. The van der Waals surface area contributed by atoms with Crippen LogP contribution in [-0.4, -0.2) is 32.1 Å². The molecule has 0 saturated heterocycles. The van der Waals surface area contributed by atoms with Crippen molar-refractivity contribution in [1.82, 2.24) is 0 Å². The molecule has 0 aliphatic rings. The van der Waals surface area contributed by atoms with Crippen LogP contribution in [0, 0.1) is 0 Å². The van der Waals surface area contributed by atoms with Crippen LogP contribution in [0.15, 0.2) is 18.2 Å². The van der Waals surface area contributed by atoms with E-state index in [2.05, 4.69) is 30.3 Å². The van der Waals surface area contributed by atoms with E-state index < -0.39 is 0 Å². The molecule has 90 valence electrons. The van der Waals surface area contributed by atoms with Crippen molar-refractivity contribution in [3.63, 3.8) is 0 Å². The number of nitrogens with zero attached hydrogens (tertiary/aromatic N) is 1. The zero-order valence-corrected chi connectivity index (χ0v) is 11.4. The monoisotopic (exact) mass is 258 g/mol. The standard InChI is InChI=1S/C12H19ClN2S/c1-15(7-8-16-2)12-4-3-10(5-6-14)9-11(12)13/h3-4,9H,5-8,14H2,1-2H3. The van der Waals surface area contributed by atoms with Gasteiger partial charge in [-0.3, -0.25) is 0 Å². The van der Waals surface area contributed by atoms with E-state index in [1.165, 1.54) is 5.56 Å². The average molecular weight is 259 g/mol. The molecule has 2 nitrogen and oxygen atoms in total. The fraction of sp³-hybridized carbons (Fsp3) is 0.500. The molecule has 0 radical (unpaired) electrons. The van der Waals surface area contributed by atoms with Crippen LogP contribution in [0.25, 0.3) is 0 Å². The van der Waals surface area contributed by atoms with Crippen molar-refractivity contribution in [1.29, 1.82) is 0 Å². The van der Waals surface area contributed by atoms with Crippen LogP contribution >= 0.6 is 23.4 Å². The molecule has 0 bridgehead atoms. The number of anilines is 1. The number of nitrogens with two attached hydrogens (primary N) is 1. The minimum absolute atomic E-state index is 0.665. The van der Waals surface area contributed by atoms with Gasteiger partial charge in [0.15, 0.2) is 0 Å². The third kappa shape index (κ3) is 3.89. The third-order valence-electron chi connectivity index (χ3n) is 2.49. The highest BCUT2D eigenvalue weighted by atomic mass is 35.5. The zero-order chi connectivity index (χ0) is 12.0. The van der Waals surface area contributed by atoms with Gasteiger partial charge >= 0.3 is 0 Å². The van der Waals surface area contributed by atoms with Crippen molar-refractivity contribution >= 4 is 29.1 Å². The number of benzene rings is 1. The first-order valence-corrected chi connectivity index (χ1v) is 7.14. The summed E-state index contributed by atoms with van der Waals surface area (Å²) in [6.07, 6.45) is 2.99. The van der Waals surface area contributed by atoms with Crippen LogP contribution in [0.2, 0.25) is 5.02 Å². The molecular formula is C12H19ClN2S. The Morgan fingerprint density at radius 3 is 2.75 bits per heavy atom. The molecule has 0 heterocycles. The molecule has 0 aromatic heterocycles. The van der Waals surface area contributed by atoms with E-state index in [1.807, 2.05) is 17.8 Å². The molecule has 0 atom stereocenters. The number of thioether (sulfide) groups is 1. The van der Waals surface area contributed by atoms with Gasteiger partial charge in [-0.05, 0) is 36.9 Å². The van der Waals surface area contributed by atoms with Crippen LogP contribution in [0.1, 0.15) is 5.56 Å². The molecule has 1 aromatic carbocycles. The Labute approximate surface area is 107 Å². The molecule has 4 heteroatoms. The predicted molar refractivity (Wildman–Crippen MR) is 75.9 cm³/mol. The van der Waals surface area contributed by atoms with Gasteiger partial charge in [-0.15, -0.1) is 0 Å². The van der Waals surface area contributed by atoms with Crippen molar-refractivity contribution in [2.75, 3.05) is 37.0 Å². The molecule has 1 rings (SSSR count). The van der Waals surface area contributed by atoms with Gasteiger partial charge in [-0.25, -0.2) is 0 Å². The second-order valence-electron chi connectivity index (χ2n) is 3.74. The van der Waals surface area contributed by atoms with Crippen molar-refractivity contribution in [2.24, 2.45) is 5.73 Å². The molecular weight excluding hydrogens is 240 g/mol. The van der Waals surface area contributed by atoms with E-state index in [0.29, 0.717) is 6.54 Å². The number of hydrogen-bond donors (Lipinski definition) is 1. The topological polar surface area (TPSA) is 29.3 Å². The molecule has 0 aliphatic heterocycles. The Morgan fingerprint density at radius 2 is 2.19 bits per heavy atom. The number of rotatable bonds is 6. The average Bonchev–Trinajstić information content (AvgIpc) is 2.26. The van der Waals surface area contributed by atoms with E-state index in [4.69, 9.17) is 17.3 Å². The van der Waals surface area contributed by atoms with E-state index >= 15 is 0 Å². The summed E-state index contributed by atoms with van der Waals surface area (Å²) in [7, 11) is 2.07. The molecule has 0 fully saturated rings. The van der Waals surface area contributed by atoms with Gasteiger partial charge < -0.3 is 10.6 Å². The van der Waals surface area contributed by atoms with Crippen molar-refractivity contribution in [3.8, 4) is 0 Å². The lowest BCUT2D eigenvalue weighted by Crippen LogP contribution is -2.20. The largest absolute Gasteiger partial charge is 0.373 e. The van der Waals surface area contributed by atoms with E-state index in [9.17, 15) is 0 Å². The minimum atomic E-state index is 0.665. The second kappa shape index (κ2) is 7.05. The highest BCUT2D eigenvalue weighted by molar-refractivity contribution is 7.98. The highest BCUT2D eigenvalue weighted by Gasteiger charge is 2.06. The van der Waals surface area contributed by atoms with Gasteiger partial charge in [-0.1, -0.05) is 17.7 Å². The van der Waals surface area contributed by atoms with Crippen molar-refractivity contribution < 1.29 is 0 Å². The Balaban J connectivity index is 2.73. The maximum Gasteiger partial charge on any atom is 0.0642 e. The van der Waals surface area contributed by atoms with Crippen molar-refractivity contribution in [3.05, 3.63) is 28.8 Å². The zero-order valence-electron chi connectivity index (χ0n) is 9.87. The van der Waals surface area contributed by atoms with Crippen LogP contribution in [-0.2, 0) is 6.42 Å². The van der Waals surface area contributed by atoms with Gasteiger partial charge in [-0.2, -0.15) is 11.8 Å². The lowest BCUT2D eigenvalue weighted by atomic mass is 10.1. The molecule has 2 N–H and O–H groups in total. The Kier molecular flexibility index (Phi) is 6.03. The quantitative estimate of drug-likeness (QED) is 0.851. The molecule has 0 aliphatic carbocycles. The third-order valence-corrected chi connectivity index (χ3v) is 3.38. The molecule has 0 amide bonds. The minimum Gasteiger partial charge on any atom is -0.373 e. The fourth-order valence-electron chi connectivity index (χ4n) is 1.53. The van der Waals surface area contributed by atoms with Gasteiger partial charge in [0.25, 0.3) is 0 Å². The van der Waals surface area contributed by atoms with Gasteiger partial charge in [0.05, 0.1) is 10.7 Å². The van der Waals surface area contributed by atoms with E-state index in [-0.39, 0.29) is 0 Å². The van der Waals surface area contributed by atoms with Crippen LogP contribution < -0.4 is 10.6 Å². The maximum absolute atomic E-state index is 6.25. The van der Waals surface area contributed by atoms with E-state index in [1.54, 1.807) is 0 Å². The highest BCUT2D eigenvalue weighted by Crippen LogP contribution is 2.26. The summed E-state index contributed by atoms with van der Waals surface area (Å²) < 4.78 is 0. The van der Waals surface area contributed by atoms with Gasteiger partial charge in [0.1, 0.15) is 0 Å². The Hall–Kier alpha value is -0.380. The van der Waals surface area contributed by atoms with Crippen LogP contribution in [0.4, 0.5) is 5.69 Å². The van der Waals surface area contributed by atoms with Crippen molar-refractivity contribution in [2.45, 2.75) is 6.42 Å². The van der Waals surface area contributed by atoms with E-state index in [0.717, 1.165) is 29.4 Å². The number of halogens is 1. The molecule has 0 saturated carbocycles. The summed E-state index contributed by atoms with van der Waals surface area (Å²) in [5, 5.41) is 0.814. The summed E-state index contributed by atoms with van der Waals surface area (Å²) in [5.74, 6) is 1.11. The summed E-state index contributed by atoms with van der Waals surface area (Å²) in [6, 6.07) is 6.19. The van der Waals surface area contributed by atoms with Gasteiger partial charge in [0.2, 0.25) is 0 Å². The lowest BCUT2D eigenvalue weighted by molar-refractivity contribution is 0.957.